The molecule has 7 atom stereocenters. The van der Waals surface area contributed by atoms with Gasteiger partial charge in [-0.05, 0) is 47.6 Å². The van der Waals surface area contributed by atoms with Gasteiger partial charge >= 0.3 is 0 Å². The summed E-state index contributed by atoms with van der Waals surface area (Å²) in [6.45, 7) is 14.4. The summed E-state index contributed by atoms with van der Waals surface area (Å²) in [7, 11) is 1.75. The average molecular weight is 590 g/mol. The Morgan fingerprint density at radius 2 is 1.81 bits per heavy atom. The van der Waals surface area contributed by atoms with E-state index in [0.29, 0.717) is 13.0 Å². The number of carbonyl (C=O) groups is 3. The lowest BCUT2D eigenvalue weighted by molar-refractivity contribution is -0.145. The molecule has 224 valence electrons. The second kappa shape index (κ2) is 11.9. The molecule has 0 saturated carbocycles. The van der Waals surface area contributed by atoms with E-state index in [1.807, 2.05) is 42.5 Å². The van der Waals surface area contributed by atoms with E-state index in [2.05, 4.69) is 33.9 Å². The molecule has 2 aromatic rings. The Bertz CT molecular complexity index is 1390. The molecule has 5 rings (SSSR count). The molecule has 8 heteroatoms. The van der Waals surface area contributed by atoms with E-state index in [4.69, 9.17) is 0 Å². The molecule has 2 aromatic carbocycles. The first kappa shape index (κ1) is 30.4. The highest BCUT2D eigenvalue weighted by Gasteiger charge is 2.77. The Hall–Kier alpha value is -3.10. The number of likely N-dealkylation sites (tertiary alicyclic amines) is 1. The number of nitrogens with zero attached hydrogens (tertiary/aromatic N) is 3. The van der Waals surface area contributed by atoms with Crippen LogP contribution in [-0.4, -0.2) is 81.5 Å². The number of aliphatic hydroxyl groups is 1. The zero-order chi connectivity index (χ0) is 30.3. The number of rotatable bonds is 11. The van der Waals surface area contributed by atoms with Crippen LogP contribution in [0.1, 0.15) is 33.6 Å². The molecule has 0 aliphatic carbocycles. The van der Waals surface area contributed by atoms with Crippen LogP contribution in [0.25, 0.3) is 10.8 Å². The van der Waals surface area contributed by atoms with Crippen molar-refractivity contribution in [1.82, 2.24) is 9.80 Å². The van der Waals surface area contributed by atoms with Crippen molar-refractivity contribution in [3.8, 4) is 0 Å². The van der Waals surface area contributed by atoms with Crippen LogP contribution >= 0.6 is 11.8 Å². The molecule has 3 heterocycles. The van der Waals surface area contributed by atoms with Gasteiger partial charge in [0.05, 0.1) is 29.2 Å². The van der Waals surface area contributed by atoms with E-state index >= 15 is 0 Å². The number of anilines is 1. The molecule has 3 amide bonds. The second-order valence-corrected chi connectivity index (χ2v) is 14.1. The Kier molecular flexibility index (Phi) is 8.59. The maximum atomic E-state index is 15.0. The van der Waals surface area contributed by atoms with Crippen LogP contribution in [0.2, 0.25) is 0 Å². The Labute approximate surface area is 253 Å². The summed E-state index contributed by atoms with van der Waals surface area (Å²) < 4.78 is -0.769. The molecule has 3 aliphatic heterocycles. The van der Waals surface area contributed by atoms with Crippen molar-refractivity contribution in [2.45, 2.75) is 55.7 Å². The molecule has 0 aromatic heterocycles. The van der Waals surface area contributed by atoms with Crippen LogP contribution in [0.5, 0.6) is 0 Å². The van der Waals surface area contributed by atoms with Gasteiger partial charge in [-0.2, -0.15) is 0 Å². The van der Waals surface area contributed by atoms with Gasteiger partial charge in [-0.3, -0.25) is 14.4 Å². The van der Waals surface area contributed by atoms with Crippen LogP contribution in [0.3, 0.4) is 0 Å². The normalized spacial score (nSPS) is 28.7. The maximum Gasteiger partial charge on any atom is 0.251 e. The fourth-order valence-corrected chi connectivity index (χ4v) is 10.1. The van der Waals surface area contributed by atoms with Crippen LogP contribution in [-0.2, 0) is 14.4 Å². The number of fused-ring (bicyclic) bond motifs is 2. The van der Waals surface area contributed by atoms with Crippen LogP contribution < -0.4 is 4.90 Å². The van der Waals surface area contributed by atoms with E-state index in [1.54, 1.807) is 45.7 Å². The molecule has 2 bridgehead atoms. The first-order valence-corrected chi connectivity index (χ1v) is 15.9. The summed E-state index contributed by atoms with van der Waals surface area (Å²) in [6, 6.07) is 12.6. The topological polar surface area (TPSA) is 81.2 Å². The summed E-state index contributed by atoms with van der Waals surface area (Å²) in [5, 5.41) is 12.7. The highest BCUT2D eigenvalue weighted by molar-refractivity contribution is 8.02. The summed E-state index contributed by atoms with van der Waals surface area (Å²) >= 11 is 1.66. The molecule has 1 spiro atoms. The van der Waals surface area contributed by atoms with Crippen LogP contribution in [0.15, 0.2) is 67.8 Å². The Morgan fingerprint density at radius 3 is 2.45 bits per heavy atom. The van der Waals surface area contributed by atoms with Crippen molar-refractivity contribution >= 4 is 45.9 Å². The SMILES string of the molecule is C=CCN(C)C(=O)[C@@H]1[C@@H]2CC(C)C3(S2)C(C(=O)N(CC=C)c2ccc4ccccc4c2)N([C@@H](CO)CC(C)C)C(=O)[C@H]13. The minimum absolute atomic E-state index is 0.0368. The van der Waals surface area contributed by atoms with Gasteiger partial charge in [-0.15, -0.1) is 24.9 Å². The largest absolute Gasteiger partial charge is 0.394 e. The second-order valence-electron chi connectivity index (χ2n) is 12.5. The fourth-order valence-electron chi connectivity index (χ4n) is 7.72. The fraction of sp³-hybridized carbons (Fsp3) is 0.500. The molecule has 0 radical (unpaired) electrons. The molecule has 1 N–H and O–H groups in total. The lowest BCUT2D eigenvalue weighted by Crippen LogP contribution is -2.59. The van der Waals surface area contributed by atoms with E-state index in [1.165, 1.54) is 0 Å². The van der Waals surface area contributed by atoms with Gasteiger partial charge in [0, 0.05) is 31.1 Å². The smallest absolute Gasteiger partial charge is 0.251 e. The van der Waals surface area contributed by atoms with Crippen molar-refractivity contribution in [1.29, 1.82) is 0 Å². The lowest BCUT2D eigenvalue weighted by atomic mass is 9.65. The zero-order valence-corrected chi connectivity index (χ0v) is 25.9. The number of likely N-dealkylation sites (N-methyl/N-ethyl adjacent to an activating group) is 1. The summed E-state index contributed by atoms with van der Waals surface area (Å²) in [5.74, 6) is -1.35. The van der Waals surface area contributed by atoms with Gasteiger partial charge in [0.2, 0.25) is 11.8 Å². The van der Waals surface area contributed by atoms with Gasteiger partial charge in [0.25, 0.3) is 5.91 Å². The molecule has 3 aliphatic rings. The lowest BCUT2D eigenvalue weighted by Gasteiger charge is -2.42. The molecule has 7 nitrogen and oxygen atoms in total. The number of amides is 3. The van der Waals surface area contributed by atoms with Gasteiger partial charge in [-0.25, -0.2) is 0 Å². The average Bonchev–Trinajstić information content (AvgIpc) is 3.57. The first-order valence-electron chi connectivity index (χ1n) is 15.0. The van der Waals surface area contributed by atoms with Gasteiger partial charge < -0.3 is 19.8 Å². The monoisotopic (exact) mass is 589 g/mol. The molecule has 3 fully saturated rings. The number of hydrogen-bond donors (Lipinski definition) is 1. The van der Waals surface area contributed by atoms with E-state index in [0.717, 1.165) is 22.9 Å². The van der Waals surface area contributed by atoms with E-state index in [-0.39, 0.29) is 48.0 Å². The van der Waals surface area contributed by atoms with E-state index < -0.39 is 28.7 Å². The van der Waals surface area contributed by atoms with Crippen molar-refractivity contribution in [2.75, 3.05) is 31.6 Å². The van der Waals surface area contributed by atoms with Crippen molar-refractivity contribution in [3.63, 3.8) is 0 Å². The number of benzene rings is 2. The minimum Gasteiger partial charge on any atom is -0.394 e. The summed E-state index contributed by atoms with van der Waals surface area (Å²) in [5.41, 5.74) is 0.735. The Morgan fingerprint density at radius 1 is 1.12 bits per heavy atom. The van der Waals surface area contributed by atoms with Gasteiger partial charge in [0.1, 0.15) is 6.04 Å². The molecular formula is C34H43N3O4S. The predicted molar refractivity (Wildman–Crippen MR) is 170 cm³/mol. The number of hydrogen-bond acceptors (Lipinski definition) is 5. The third kappa shape index (κ3) is 4.77. The first-order chi connectivity index (χ1) is 20.1. The van der Waals surface area contributed by atoms with E-state index in [9.17, 15) is 19.5 Å². The summed E-state index contributed by atoms with van der Waals surface area (Å²) in [6.07, 6.45) is 4.71. The van der Waals surface area contributed by atoms with Crippen LogP contribution in [0.4, 0.5) is 5.69 Å². The van der Waals surface area contributed by atoms with Gasteiger partial charge in [-0.1, -0.05) is 63.3 Å². The van der Waals surface area contributed by atoms with Crippen molar-refractivity contribution < 1.29 is 19.5 Å². The van der Waals surface area contributed by atoms with Crippen LogP contribution in [0, 0.1) is 23.7 Å². The van der Waals surface area contributed by atoms with Crippen molar-refractivity contribution in [2.24, 2.45) is 23.7 Å². The highest BCUT2D eigenvalue weighted by atomic mass is 32.2. The highest BCUT2D eigenvalue weighted by Crippen LogP contribution is 2.69. The third-order valence-electron chi connectivity index (χ3n) is 9.45. The number of aliphatic hydroxyl groups excluding tert-OH is 1. The predicted octanol–water partition coefficient (Wildman–Crippen LogP) is 4.75. The molecule has 42 heavy (non-hydrogen) atoms. The number of carbonyl (C=O) groups excluding carboxylic acids is 3. The molecule has 3 unspecified atom stereocenters. The van der Waals surface area contributed by atoms with Gasteiger partial charge in [0.15, 0.2) is 0 Å². The maximum absolute atomic E-state index is 15.0. The summed E-state index contributed by atoms with van der Waals surface area (Å²) in [4.78, 5) is 48.5. The zero-order valence-electron chi connectivity index (χ0n) is 25.1. The molecular weight excluding hydrogens is 546 g/mol. The quantitative estimate of drug-likeness (QED) is 0.383. The number of thioether (sulfide) groups is 1. The Balaban J connectivity index is 1.64. The molecule has 3 saturated heterocycles. The van der Waals surface area contributed by atoms with Crippen molar-refractivity contribution in [3.05, 3.63) is 67.8 Å². The third-order valence-corrected chi connectivity index (χ3v) is 11.5. The standard InChI is InChI=1S/C34H43N3O4S/c1-7-15-35(6)31(39)28-27-18-22(5)34(42-27)29(28)32(40)37(26(20-38)17-21(3)4)30(34)33(41)36(16-8-2)25-14-13-23-11-9-10-12-24(23)19-25/h7-14,19,21-22,26-30,38H,1-2,15-18,20H2,3-6H3/t22?,26-,27+,28-,29+,30?,34?/m1/s1. The minimum atomic E-state index is -0.815.